The number of imidazole rings is 1. The van der Waals surface area contributed by atoms with Crippen LogP contribution in [0, 0.1) is 5.41 Å². The van der Waals surface area contributed by atoms with Crippen LogP contribution in [0.3, 0.4) is 0 Å². The Morgan fingerprint density at radius 2 is 2.00 bits per heavy atom. The first-order valence-electron chi connectivity index (χ1n) is 9.84. The third-order valence-electron chi connectivity index (χ3n) is 4.92. The van der Waals surface area contributed by atoms with E-state index >= 15 is 0 Å². The molecule has 30 heavy (non-hydrogen) atoms. The summed E-state index contributed by atoms with van der Waals surface area (Å²) in [5.74, 6) is 0.897. The highest BCUT2D eigenvalue weighted by Crippen LogP contribution is 2.26. The molecule has 0 aliphatic heterocycles. The van der Waals surface area contributed by atoms with Crippen LogP contribution in [0.5, 0.6) is 0 Å². The third kappa shape index (κ3) is 4.45. The van der Waals surface area contributed by atoms with Crippen molar-refractivity contribution in [3.8, 4) is 11.3 Å². The maximum Gasteiger partial charge on any atom is 0.228 e. The molecule has 156 valence electrons. The lowest BCUT2D eigenvalue weighted by atomic mass is 9.94. The molecule has 4 aromatic rings. The zero-order chi connectivity index (χ0) is 21.3. The maximum absolute atomic E-state index is 13.0. The van der Waals surface area contributed by atoms with Gasteiger partial charge in [-0.2, -0.15) is 0 Å². The minimum absolute atomic E-state index is 0.109. The van der Waals surface area contributed by atoms with E-state index in [1.807, 2.05) is 68.3 Å². The number of aromatic nitrogens is 2. The highest BCUT2D eigenvalue weighted by atomic mass is 35.5. The molecule has 0 spiro atoms. The summed E-state index contributed by atoms with van der Waals surface area (Å²) in [4.78, 5) is 20.5. The molecule has 0 fully saturated rings. The predicted molar refractivity (Wildman–Crippen MR) is 121 cm³/mol. The summed E-state index contributed by atoms with van der Waals surface area (Å²) in [6.07, 6.45) is 4.42. The fraction of sp³-hybridized carbons (Fsp3) is 0.304. The molecule has 5 nitrogen and oxygen atoms in total. The average Bonchev–Trinajstić information content (AvgIpc) is 3.42. The summed E-state index contributed by atoms with van der Waals surface area (Å²) in [5.41, 5.74) is 2.63. The van der Waals surface area contributed by atoms with Crippen LogP contribution in [0.4, 0.5) is 0 Å². The minimum Gasteiger partial charge on any atom is -0.467 e. The van der Waals surface area contributed by atoms with Gasteiger partial charge in [0.15, 0.2) is 4.96 Å². The van der Waals surface area contributed by atoms with Crippen LogP contribution in [-0.4, -0.2) is 26.7 Å². The van der Waals surface area contributed by atoms with Gasteiger partial charge in [0.25, 0.3) is 0 Å². The number of rotatable bonds is 6. The molecule has 0 N–H and O–H groups in total. The summed E-state index contributed by atoms with van der Waals surface area (Å²) >= 11 is 7.61. The molecule has 1 amide bonds. The number of nitrogens with zero attached hydrogens (tertiary/aromatic N) is 3. The van der Waals surface area contributed by atoms with Crippen LogP contribution in [0.1, 0.15) is 32.2 Å². The summed E-state index contributed by atoms with van der Waals surface area (Å²) in [5, 5.41) is 2.82. The van der Waals surface area contributed by atoms with Crippen LogP contribution < -0.4 is 0 Å². The number of hydrogen-bond donors (Lipinski definition) is 0. The minimum atomic E-state index is -0.451. The van der Waals surface area contributed by atoms with Crippen molar-refractivity contribution >= 4 is 33.8 Å². The first-order valence-corrected chi connectivity index (χ1v) is 11.1. The van der Waals surface area contributed by atoms with Crippen molar-refractivity contribution in [2.45, 2.75) is 33.7 Å². The normalized spacial score (nSPS) is 11.9. The molecule has 0 bridgehead atoms. The van der Waals surface area contributed by atoms with Gasteiger partial charge in [-0.25, -0.2) is 4.98 Å². The number of benzene rings is 1. The summed E-state index contributed by atoms with van der Waals surface area (Å²) in [6.45, 7) is 6.91. The van der Waals surface area contributed by atoms with E-state index in [2.05, 4.69) is 9.78 Å². The van der Waals surface area contributed by atoms with E-state index in [1.165, 1.54) is 0 Å². The Morgan fingerprint density at radius 1 is 1.23 bits per heavy atom. The van der Waals surface area contributed by atoms with Gasteiger partial charge in [0.1, 0.15) is 5.76 Å². The molecule has 0 saturated heterocycles. The van der Waals surface area contributed by atoms with Gasteiger partial charge in [0, 0.05) is 46.2 Å². The van der Waals surface area contributed by atoms with Crippen molar-refractivity contribution in [1.29, 1.82) is 0 Å². The van der Waals surface area contributed by atoms with Crippen molar-refractivity contribution in [3.05, 3.63) is 70.7 Å². The van der Waals surface area contributed by atoms with Gasteiger partial charge < -0.3 is 9.32 Å². The van der Waals surface area contributed by atoms with E-state index in [4.69, 9.17) is 21.0 Å². The highest BCUT2D eigenvalue weighted by molar-refractivity contribution is 7.15. The lowest BCUT2D eigenvalue weighted by molar-refractivity contribution is -0.140. The zero-order valence-corrected chi connectivity index (χ0v) is 18.8. The van der Waals surface area contributed by atoms with Gasteiger partial charge in [-0.3, -0.25) is 9.20 Å². The van der Waals surface area contributed by atoms with Crippen LogP contribution in [0.25, 0.3) is 16.2 Å². The predicted octanol–water partition coefficient (Wildman–Crippen LogP) is 5.93. The second kappa shape index (κ2) is 8.28. The topological polar surface area (TPSA) is 50.8 Å². The second-order valence-corrected chi connectivity index (χ2v) is 9.59. The Balaban J connectivity index is 1.54. The third-order valence-corrected chi connectivity index (χ3v) is 6.06. The summed E-state index contributed by atoms with van der Waals surface area (Å²) in [7, 11) is 0. The van der Waals surface area contributed by atoms with Crippen LogP contribution in [0.2, 0.25) is 5.02 Å². The largest absolute Gasteiger partial charge is 0.467 e. The van der Waals surface area contributed by atoms with Crippen molar-refractivity contribution in [2.75, 3.05) is 6.54 Å². The number of hydrogen-bond acceptors (Lipinski definition) is 4. The van der Waals surface area contributed by atoms with Crippen molar-refractivity contribution in [3.63, 3.8) is 0 Å². The lowest BCUT2D eigenvalue weighted by Crippen LogP contribution is -2.40. The van der Waals surface area contributed by atoms with Crippen LogP contribution >= 0.6 is 22.9 Å². The van der Waals surface area contributed by atoms with Gasteiger partial charge in [0.05, 0.1) is 18.5 Å². The molecule has 4 rings (SSSR count). The fourth-order valence-corrected chi connectivity index (χ4v) is 4.37. The molecule has 0 atom stereocenters. The molecule has 3 aromatic heterocycles. The molecule has 0 unspecified atom stereocenters. The second-order valence-electron chi connectivity index (χ2n) is 8.32. The van der Waals surface area contributed by atoms with E-state index in [9.17, 15) is 4.79 Å². The Morgan fingerprint density at radius 3 is 2.67 bits per heavy atom. The quantitative estimate of drug-likeness (QED) is 0.372. The molecule has 1 aromatic carbocycles. The lowest BCUT2D eigenvalue weighted by Gasteiger charge is -2.29. The average molecular weight is 442 g/mol. The summed E-state index contributed by atoms with van der Waals surface area (Å²) in [6, 6.07) is 11.4. The molecule has 7 heteroatoms. The molecule has 0 radical (unpaired) electrons. The van der Waals surface area contributed by atoms with E-state index in [1.54, 1.807) is 17.6 Å². The number of amides is 1. The van der Waals surface area contributed by atoms with Crippen LogP contribution in [-0.2, 0) is 17.8 Å². The monoisotopic (exact) mass is 441 g/mol. The van der Waals surface area contributed by atoms with Crippen LogP contribution in [0.15, 0.2) is 58.7 Å². The van der Waals surface area contributed by atoms with Gasteiger partial charge in [-0.1, -0.05) is 44.5 Å². The fourth-order valence-electron chi connectivity index (χ4n) is 3.34. The number of thiazole rings is 1. The smallest absolute Gasteiger partial charge is 0.228 e. The molecular weight excluding hydrogens is 418 g/mol. The SMILES string of the molecule is CC(C)(C)C(=O)N(CCc1csc2nc(-c3ccc(Cl)cc3)cn12)Cc1ccco1. The number of carbonyl (C=O) groups is 1. The van der Waals surface area contributed by atoms with Crippen molar-refractivity contribution in [2.24, 2.45) is 5.41 Å². The van der Waals surface area contributed by atoms with E-state index in [0.717, 1.165) is 34.1 Å². The van der Waals surface area contributed by atoms with Gasteiger partial charge in [-0.05, 0) is 24.3 Å². The Labute approximate surface area is 184 Å². The van der Waals surface area contributed by atoms with Gasteiger partial charge in [-0.15, -0.1) is 11.3 Å². The Kier molecular flexibility index (Phi) is 5.71. The van der Waals surface area contributed by atoms with Gasteiger partial charge in [0.2, 0.25) is 5.91 Å². The molecule has 0 aliphatic rings. The number of furan rings is 1. The van der Waals surface area contributed by atoms with E-state index in [-0.39, 0.29) is 5.91 Å². The molecular formula is C23H24ClN3O2S. The molecule has 3 heterocycles. The van der Waals surface area contributed by atoms with E-state index < -0.39 is 5.41 Å². The highest BCUT2D eigenvalue weighted by Gasteiger charge is 2.28. The molecule has 0 saturated carbocycles. The van der Waals surface area contributed by atoms with E-state index in [0.29, 0.717) is 18.1 Å². The van der Waals surface area contributed by atoms with Crippen molar-refractivity contribution in [1.82, 2.24) is 14.3 Å². The number of carbonyl (C=O) groups excluding carboxylic acids is 1. The zero-order valence-electron chi connectivity index (χ0n) is 17.3. The molecule has 0 aliphatic carbocycles. The Bertz CT molecular complexity index is 1140. The standard InChI is InChI=1S/C23H24ClN3O2S/c1-23(2,3)21(28)26(13-19-5-4-12-29-19)11-10-18-15-30-22-25-20(14-27(18)22)16-6-8-17(24)9-7-16/h4-9,12,14-15H,10-11,13H2,1-3H3. The van der Waals surface area contributed by atoms with Gasteiger partial charge >= 0.3 is 0 Å². The number of halogens is 1. The first kappa shape index (κ1) is 20.7. The maximum atomic E-state index is 13.0. The number of fused-ring (bicyclic) bond motifs is 1. The van der Waals surface area contributed by atoms with Crippen molar-refractivity contribution < 1.29 is 9.21 Å². The first-order chi connectivity index (χ1) is 14.3. The Hall–Kier alpha value is -2.57. The summed E-state index contributed by atoms with van der Waals surface area (Å²) < 4.78 is 7.59.